The highest BCUT2D eigenvalue weighted by molar-refractivity contribution is 14.1. The SMILES string of the molecule is CCCCCCCCCCCCC1(I)C=CC=C(N)C1. The van der Waals surface area contributed by atoms with Crippen LogP contribution < -0.4 is 5.73 Å². The van der Waals surface area contributed by atoms with E-state index in [0.717, 1.165) is 12.1 Å². The second-order valence-corrected chi connectivity index (χ2v) is 8.39. The summed E-state index contributed by atoms with van der Waals surface area (Å²) in [5.41, 5.74) is 6.97. The molecule has 2 N–H and O–H groups in total. The summed E-state index contributed by atoms with van der Waals surface area (Å²) in [7, 11) is 0. The fourth-order valence-corrected chi connectivity index (χ4v) is 3.91. The van der Waals surface area contributed by atoms with E-state index < -0.39 is 0 Å². The lowest BCUT2D eigenvalue weighted by atomic mass is 9.92. The highest BCUT2D eigenvalue weighted by Crippen LogP contribution is 2.35. The van der Waals surface area contributed by atoms with Gasteiger partial charge in [-0.3, -0.25) is 0 Å². The zero-order valence-corrected chi connectivity index (χ0v) is 15.3. The molecule has 1 aliphatic rings. The normalized spacial score (nSPS) is 22.0. The number of unbranched alkanes of at least 4 members (excludes halogenated alkanes) is 9. The van der Waals surface area contributed by atoms with Gasteiger partial charge in [-0.25, -0.2) is 0 Å². The third kappa shape index (κ3) is 8.33. The van der Waals surface area contributed by atoms with E-state index in [1.54, 1.807) is 0 Å². The van der Waals surface area contributed by atoms with Crippen LogP contribution in [-0.4, -0.2) is 3.42 Å². The summed E-state index contributed by atoms with van der Waals surface area (Å²) in [5, 5.41) is 0. The number of rotatable bonds is 11. The van der Waals surface area contributed by atoms with Gasteiger partial charge < -0.3 is 5.73 Å². The molecule has 0 amide bonds. The highest BCUT2D eigenvalue weighted by Gasteiger charge is 2.24. The molecule has 0 bridgehead atoms. The minimum atomic E-state index is 0.288. The Morgan fingerprint density at radius 2 is 1.55 bits per heavy atom. The van der Waals surface area contributed by atoms with Gasteiger partial charge in [0.05, 0.1) is 0 Å². The zero-order chi connectivity index (χ0) is 14.7. The lowest BCUT2D eigenvalue weighted by Gasteiger charge is -2.26. The number of halogens is 1. The van der Waals surface area contributed by atoms with Crippen LogP contribution in [-0.2, 0) is 0 Å². The van der Waals surface area contributed by atoms with E-state index in [0.29, 0.717) is 0 Å². The van der Waals surface area contributed by atoms with Crippen molar-refractivity contribution in [3.05, 3.63) is 23.9 Å². The molecule has 1 rings (SSSR count). The van der Waals surface area contributed by atoms with E-state index in [4.69, 9.17) is 5.73 Å². The van der Waals surface area contributed by atoms with Gasteiger partial charge in [0.15, 0.2) is 0 Å². The molecule has 0 heterocycles. The second kappa shape index (κ2) is 10.7. The van der Waals surface area contributed by atoms with Crippen molar-refractivity contribution in [2.24, 2.45) is 5.73 Å². The van der Waals surface area contributed by atoms with Crippen LogP contribution in [0.15, 0.2) is 23.9 Å². The number of hydrogen-bond donors (Lipinski definition) is 1. The van der Waals surface area contributed by atoms with Gasteiger partial charge in [0.25, 0.3) is 0 Å². The van der Waals surface area contributed by atoms with Gasteiger partial charge in [0, 0.05) is 15.5 Å². The standard InChI is InChI=1S/C18H32IN/c1-2-3-4-5-6-7-8-9-10-11-14-18(19)15-12-13-17(20)16-18/h12-13,15H,2-11,14,16,20H2,1H3. The summed E-state index contributed by atoms with van der Waals surface area (Å²) in [6.07, 6.45) is 22.9. The van der Waals surface area contributed by atoms with E-state index in [-0.39, 0.29) is 3.42 Å². The molecule has 1 aliphatic carbocycles. The first-order valence-corrected chi connectivity index (χ1v) is 9.57. The molecule has 0 aliphatic heterocycles. The van der Waals surface area contributed by atoms with Crippen molar-refractivity contribution in [2.45, 2.75) is 87.4 Å². The van der Waals surface area contributed by atoms with Crippen molar-refractivity contribution in [3.8, 4) is 0 Å². The maximum absolute atomic E-state index is 5.94. The van der Waals surface area contributed by atoms with E-state index in [1.165, 1.54) is 70.6 Å². The van der Waals surface area contributed by atoms with Gasteiger partial charge in [0.1, 0.15) is 0 Å². The smallest absolute Gasteiger partial charge is 0.0458 e. The van der Waals surface area contributed by atoms with E-state index >= 15 is 0 Å². The fraction of sp³-hybridized carbons (Fsp3) is 0.778. The number of allylic oxidation sites excluding steroid dienone is 4. The molecule has 0 aromatic heterocycles. The molecule has 0 aromatic rings. The molecule has 0 saturated carbocycles. The minimum absolute atomic E-state index is 0.288. The molecule has 0 fully saturated rings. The second-order valence-electron chi connectivity index (χ2n) is 6.24. The van der Waals surface area contributed by atoms with E-state index in [2.05, 4.69) is 41.7 Å². The third-order valence-electron chi connectivity index (χ3n) is 4.15. The predicted molar refractivity (Wildman–Crippen MR) is 99.2 cm³/mol. The largest absolute Gasteiger partial charge is 0.402 e. The van der Waals surface area contributed by atoms with E-state index in [9.17, 15) is 0 Å². The molecule has 1 atom stereocenters. The van der Waals surface area contributed by atoms with Gasteiger partial charge >= 0.3 is 0 Å². The summed E-state index contributed by atoms with van der Waals surface area (Å²) in [6, 6.07) is 0. The van der Waals surface area contributed by atoms with Crippen molar-refractivity contribution in [1.82, 2.24) is 0 Å². The molecule has 1 unspecified atom stereocenters. The van der Waals surface area contributed by atoms with Crippen LogP contribution in [0.2, 0.25) is 0 Å². The molecule has 0 radical (unpaired) electrons. The molecule has 2 heteroatoms. The summed E-state index contributed by atoms with van der Waals surface area (Å²) in [4.78, 5) is 0. The van der Waals surface area contributed by atoms with Crippen LogP contribution in [0.1, 0.15) is 84.0 Å². The van der Waals surface area contributed by atoms with Crippen LogP contribution in [0, 0.1) is 0 Å². The van der Waals surface area contributed by atoms with Crippen LogP contribution >= 0.6 is 22.6 Å². The van der Waals surface area contributed by atoms with Gasteiger partial charge in [-0.05, 0) is 12.5 Å². The van der Waals surface area contributed by atoms with Crippen molar-refractivity contribution in [1.29, 1.82) is 0 Å². The van der Waals surface area contributed by atoms with Crippen LogP contribution in [0.25, 0.3) is 0 Å². The first-order chi connectivity index (χ1) is 9.66. The monoisotopic (exact) mass is 389 g/mol. The van der Waals surface area contributed by atoms with E-state index in [1.807, 2.05) is 6.08 Å². The maximum atomic E-state index is 5.94. The Morgan fingerprint density at radius 3 is 2.10 bits per heavy atom. The molecule has 116 valence electrons. The third-order valence-corrected chi connectivity index (χ3v) is 5.43. The molecule has 0 aromatic carbocycles. The number of nitrogens with two attached hydrogens (primary N) is 1. The average molecular weight is 389 g/mol. The van der Waals surface area contributed by atoms with Gasteiger partial charge in [-0.15, -0.1) is 0 Å². The Labute approximate surface area is 139 Å². The zero-order valence-electron chi connectivity index (χ0n) is 13.2. The minimum Gasteiger partial charge on any atom is -0.402 e. The average Bonchev–Trinajstić information content (AvgIpc) is 2.40. The number of hydrogen-bond acceptors (Lipinski definition) is 1. The molecular weight excluding hydrogens is 357 g/mol. The van der Waals surface area contributed by atoms with Crippen molar-refractivity contribution < 1.29 is 0 Å². The van der Waals surface area contributed by atoms with Crippen molar-refractivity contribution >= 4 is 22.6 Å². The molecule has 20 heavy (non-hydrogen) atoms. The Morgan fingerprint density at radius 1 is 1.00 bits per heavy atom. The topological polar surface area (TPSA) is 26.0 Å². The predicted octanol–water partition coefficient (Wildman–Crippen LogP) is 6.27. The first kappa shape index (κ1) is 18.1. The molecule has 0 spiro atoms. The van der Waals surface area contributed by atoms with Crippen molar-refractivity contribution in [2.75, 3.05) is 0 Å². The van der Waals surface area contributed by atoms with Crippen LogP contribution in [0.3, 0.4) is 0 Å². The Bertz CT molecular complexity index is 309. The summed E-state index contributed by atoms with van der Waals surface area (Å²) >= 11 is 2.58. The van der Waals surface area contributed by atoms with Crippen LogP contribution in [0.5, 0.6) is 0 Å². The first-order valence-electron chi connectivity index (χ1n) is 8.49. The Balaban J connectivity index is 1.92. The number of alkyl halides is 1. The maximum Gasteiger partial charge on any atom is 0.0458 e. The van der Waals surface area contributed by atoms with Crippen LogP contribution in [0.4, 0.5) is 0 Å². The van der Waals surface area contributed by atoms with Gasteiger partial charge in [-0.1, -0.05) is 106 Å². The lowest BCUT2D eigenvalue weighted by molar-refractivity contribution is 0.532. The molecular formula is C18H32IN. The molecule has 0 saturated heterocycles. The summed E-state index contributed by atoms with van der Waals surface area (Å²) < 4.78 is 0.288. The summed E-state index contributed by atoms with van der Waals surface area (Å²) in [5.74, 6) is 0. The Kier molecular flexibility index (Phi) is 9.66. The van der Waals surface area contributed by atoms with Gasteiger partial charge in [0.2, 0.25) is 0 Å². The lowest BCUT2D eigenvalue weighted by Crippen LogP contribution is -2.22. The highest BCUT2D eigenvalue weighted by atomic mass is 127. The fourth-order valence-electron chi connectivity index (χ4n) is 2.88. The Hall–Kier alpha value is 0.01000. The van der Waals surface area contributed by atoms with Gasteiger partial charge in [-0.2, -0.15) is 0 Å². The van der Waals surface area contributed by atoms with Crippen molar-refractivity contribution in [3.63, 3.8) is 0 Å². The quantitative estimate of drug-likeness (QED) is 0.251. The summed E-state index contributed by atoms with van der Waals surface area (Å²) in [6.45, 7) is 2.28. The molecule has 1 nitrogen and oxygen atoms in total.